The standard InChI is InChI=1S/C16H18F2N2O3/c1-10(2)14-8-13(23-19-14)9-20(3)15(21)11-4-6-12(7-5-11)22-16(17)18/h4-8,10,16H,9H2,1-3H3. The van der Waals surface area contributed by atoms with Gasteiger partial charge in [-0.05, 0) is 30.2 Å². The SMILES string of the molecule is CC(C)c1cc(CN(C)C(=O)c2ccc(OC(F)F)cc2)on1. The zero-order chi connectivity index (χ0) is 17.0. The van der Waals surface area contributed by atoms with E-state index in [1.807, 2.05) is 19.9 Å². The molecule has 7 heteroatoms. The van der Waals surface area contributed by atoms with Crippen LogP contribution < -0.4 is 4.74 Å². The molecule has 23 heavy (non-hydrogen) atoms. The van der Waals surface area contributed by atoms with Gasteiger partial charge in [-0.2, -0.15) is 8.78 Å². The first-order valence-corrected chi connectivity index (χ1v) is 7.12. The Bertz CT molecular complexity index is 654. The van der Waals surface area contributed by atoms with Crippen LogP contribution in [0.4, 0.5) is 8.78 Å². The van der Waals surface area contributed by atoms with Crippen LogP contribution in [0.5, 0.6) is 5.75 Å². The van der Waals surface area contributed by atoms with E-state index >= 15 is 0 Å². The molecule has 0 bridgehead atoms. The summed E-state index contributed by atoms with van der Waals surface area (Å²) in [6.45, 7) is 1.38. The van der Waals surface area contributed by atoms with E-state index in [4.69, 9.17) is 4.52 Å². The van der Waals surface area contributed by atoms with Crippen LogP contribution in [0.2, 0.25) is 0 Å². The van der Waals surface area contributed by atoms with Gasteiger partial charge in [0.05, 0.1) is 12.2 Å². The van der Waals surface area contributed by atoms with Crippen LogP contribution in [0.3, 0.4) is 0 Å². The van der Waals surface area contributed by atoms with Crippen molar-refractivity contribution in [3.63, 3.8) is 0 Å². The van der Waals surface area contributed by atoms with E-state index in [9.17, 15) is 13.6 Å². The zero-order valence-corrected chi connectivity index (χ0v) is 13.1. The molecule has 1 heterocycles. The fraction of sp³-hybridized carbons (Fsp3) is 0.375. The van der Waals surface area contributed by atoms with Crippen molar-refractivity contribution in [1.29, 1.82) is 0 Å². The molecular weight excluding hydrogens is 306 g/mol. The van der Waals surface area contributed by atoms with Crippen LogP contribution >= 0.6 is 0 Å². The Hall–Kier alpha value is -2.44. The highest BCUT2D eigenvalue weighted by Crippen LogP contribution is 2.18. The van der Waals surface area contributed by atoms with Crippen molar-refractivity contribution >= 4 is 5.91 Å². The molecule has 0 aliphatic heterocycles. The topological polar surface area (TPSA) is 55.6 Å². The molecule has 0 spiro atoms. The highest BCUT2D eigenvalue weighted by molar-refractivity contribution is 5.94. The molecule has 0 fully saturated rings. The lowest BCUT2D eigenvalue weighted by atomic mass is 10.1. The van der Waals surface area contributed by atoms with Crippen molar-refractivity contribution in [3.05, 3.63) is 47.3 Å². The number of rotatable bonds is 6. The fourth-order valence-electron chi connectivity index (χ4n) is 1.98. The molecule has 0 unspecified atom stereocenters. The maximum absolute atomic E-state index is 12.3. The van der Waals surface area contributed by atoms with Gasteiger partial charge >= 0.3 is 6.61 Å². The molecule has 0 atom stereocenters. The number of benzene rings is 1. The molecule has 0 aliphatic rings. The highest BCUT2D eigenvalue weighted by atomic mass is 19.3. The highest BCUT2D eigenvalue weighted by Gasteiger charge is 2.16. The number of nitrogens with zero attached hydrogens (tertiary/aromatic N) is 2. The quantitative estimate of drug-likeness (QED) is 0.813. The lowest BCUT2D eigenvalue weighted by molar-refractivity contribution is -0.0498. The van der Waals surface area contributed by atoms with E-state index in [1.165, 1.54) is 29.2 Å². The van der Waals surface area contributed by atoms with Crippen LogP contribution in [0, 0.1) is 0 Å². The second kappa shape index (κ2) is 7.21. The molecule has 1 aromatic heterocycles. The van der Waals surface area contributed by atoms with Crippen LogP contribution in [-0.2, 0) is 6.54 Å². The predicted molar refractivity (Wildman–Crippen MR) is 79.5 cm³/mol. The molecular formula is C16H18F2N2O3. The first kappa shape index (κ1) is 16.9. The van der Waals surface area contributed by atoms with Gasteiger partial charge in [0.2, 0.25) is 0 Å². The van der Waals surface area contributed by atoms with E-state index in [0.29, 0.717) is 11.3 Å². The Morgan fingerprint density at radius 3 is 2.48 bits per heavy atom. The molecule has 2 rings (SSSR count). The number of carbonyl (C=O) groups excluding carboxylic acids is 1. The minimum absolute atomic E-state index is 0.0102. The van der Waals surface area contributed by atoms with Crippen LogP contribution in [-0.4, -0.2) is 29.6 Å². The first-order valence-electron chi connectivity index (χ1n) is 7.12. The molecule has 0 radical (unpaired) electrons. The molecule has 0 saturated carbocycles. The number of hydrogen-bond donors (Lipinski definition) is 0. The average Bonchev–Trinajstić information content (AvgIpc) is 2.95. The molecule has 124 valence electrons. The monoisotopic (exact) mass is 324 g/mol. The summed E-state index contributed by atoms with van der Waals surface area (Å²) in [7, 11) is 1.63. The third kappa shape index (κ3) is 4.51. The number of hydrogen-bond acceptors (Lipinski definition) is 4. The predicted octanol–water partition coefficient (Wildman–Crippen LogP) is 3.67. The summed E-state index contributed by atoms with van der Waals surface area (Å²) < 4.78 is 33.6. The number of aromatic nitrogens is 1. The lowest BCUT2D eigenvalue weighted by Gasteiger charge is -2.15. The van der Waals surface area contributed by atoms with Gasteiger partial charge in [-0.3, -0.25) is 4.79 Å². The number of carbonyl (C=O) groups is 1. The Kier molecular flexibility index (Phi) is 5.31. The molecule has 0 N–H and O–H groups in total. The van der Waals surface area contributed by atoms with Gasteiger partial charge in [-0.25, -0.2) is 0 Å². The van der Waals surface area contributed by atoms with Gasteiger partial charge in [-0.1, -0.05) is 19.0 Å². The minimum atomic E-state index is -2.89. The Morgan fingerprint density at radius 2 is 1.96 bits per heavy atom. The summed E-state index contributed by atoms with van der Waals surface area (Å²) in [5, 5.41) is 3.94. The second-order valence-electron chi connectivity index (χ2n) is 5.44. The van der Waals surface area contributed by atoms with Gasteiger partial charge in [-0.15, -0.1) is 0 Å². The second-order valence-corrected chi connectivity index (χ2v) is 5.44. The van der Waals surface area contributed by atoms with Crippen molar-refractivity contribution < 1.29 is 22.8 Å². The van der Waals surface area contributed by atoms with E-state index in [0.717, 1.165) is 5.69 Å². The smallest absolute Gasteiger partial charge is 0.387 e. The summed E-state index contributed by atoms with van der Waals surface area (Å²) in [6.07, 6.45) is 0. The molecule has 1 aromatic carbocycles. The maximum Gasteiger partial charge on any atom is 0.387 e. The van der Waals surface area contributed by atoms with E-state index < -0.39 is 6.61 Å². The van der Waals surface area contributed by atoms with Gasteiger partial charge in [0.1, 0.15) is 5.75 Å². The maximum atomic E-state index is 12.3. The number of ether oxygens (including phenoxy) is 1. The van der Waals surface area contributed by atoms with Crippen molar-refractivity contribution in [3.8, 4) is 5.75 Å². The number of amides is 1. The van der Waals surface area contributed by atoms with Gasteiger partial charge in [0.15, 0.2) is 5.76 Å². The summed E-state index contributed by atoms with van der Waals surface area (Å²) in [5.74, 6) is 0.588. The Balaban J connectivity index is 2.01. The van der Waals surface area contributed by atoms with Crippen LogP contribution in [0.1, 0.15) is 41.6 Å². The first-order chi connectivity index (χ1) is 10.9. The summed E-state index contributed by atoms with van der Waals surface area (Å²) in [5.41, 5.74) is 1.20. The summed E-state index contributed by atoms with van der Waals surface area (Å²) in [4.78, 5) is 13.8. The van der Waals surface area contributed by atoms with Crippen molar-refractivity contribution in [2.45, 2.75) is 32.9 Å². The van der Waals surface area contributed by atoms with Gasteiger partial charge in [0, 0.05) is 18.7 Å². The fourth-order valence-corrected chi connectivity index (χ4v) is 1.98. The van der Waals surface area contributed by atoms with E-state index in [1.54, 1.807) is 7.05 Å². The third-order valence-corrected chi connectivity index (χ3v) is 3.23. The summed E-state index contributed by atoms with van der Waals surface area (Å²) in [6, 6.07) is 7.36. The Labute approximate surface area is 132 Å². The number of alkyl halides is 2. The summed E-state index contributed by atoms with van der Waals surface area (Å²) >= 11 is 0. The van der Waals surface area contributed by atoms with Crippen molar-refractivity contribution in [2.24, 2.45) is 0 Å². The van der Waals surface area contributed by atoms with Gasteiger partial charge < -0.3 is 14.2 Å². The molecule has 0 aliphatic carbocycles. The van der Waals surface area contributed by atoms with Gasteiger partial charge in [0.25, 0.3) is 5.91 Å². The van der Waals surface area contributed by atoms with E-state index in [2.05, 4.69) is 9.89 Å². The largest absolute Gasteiger partial charge is 0.435 e. The average molecular weight is 324 g/mol. The normalized spacial score (nSPS) is 11.1. The lowest BCUT2D eigenvalue weighted by Crippen LogP contribution is -2.25. The minimum Gasteiger partial charge on any atom is -0.435 e. The molecule has 1 amide bonds. The third-order valence-electron chi connectivity index (χ3n) is 3.23. The van der Waals surface area contributed by atoms with Crippen LogP contribution in [0.25, 0.3) is 0 Å². The Morgan fingerprint density at radius 1 is 1.30 bits per heavy atom. The zero-order valence-electron chi connectivity index (χ0n) is 13.1. The molecule has 0 saturated heterocycles. The molecule has 2 aromatic rings. The van der Waals surface area contributed by atoms with Crippen molar-refractivity contribution in [1.82, 2.24) is 10.1 Å². The number of halogens is 2. The molecule has 5 nitrogen and oxygen atoms in total. The van der Waals surface area contributed by atoms with Crippen LogP contribution in [0.15, 0.2) is 34.9 Å². The van der Waals surface area contributed by atoms with E-state index in [-0.39, 0.29) is 24.1 Å². The van der Waals surface area contributed by atoms with Crippen molar-refractivity contribution in [2.75, 3.05) is 7.05 Å².